The minimum absolute atomic E-state index is 0.0436. The number of benzene rings is 2. The molecule has 1 unspecified atom stereocenters. The minimum Gasteiger partial charge on any atom is -0.476 e. The first-order valence-electron chi connectivity index (χ1n) is 8.75. The van der Waals surface area contributed by atoms with E-state index in [0.717, 1.165) is 37.8 Å². The molecule has 0 bridgehead atoms. The summed E-state index contributed by atoms with van der Waals surface area (Å²) in [4.78, 5) is 12.8. The van der Waals surface area contributed by atoms with Gasteiger partial charge in [-0.2, -0.15) is 0 Å². The standard InChI is InChI=1S/C20H22F2N2O2/c21-17-11-10-16(12-18(17)22)26-19(13-4-2-1-3-5-13)20(25)24-15-8-6-14(23)7-9-15/h1-5,10-12,14-15,19H,6-9,23H2,(H,24,25). The fraction of sp³-hybridized carbons (Fsp3) is 0.350. The van der Waals surface area contributed by atoms with Crippen molar-refractivity contribution >= 4 is 5.91 Å². The van der Waals surface area contributed by atoms with E-state index in [-0.39, 0.29) is 23.7 Å². The Morgan fingerprint density at radius 2 is 1.73 bits per heavy atom. The van der Waals surface area contributed by atoms with Crippen LogP contribution in [-0.2, 0) is 4.79 Å². The first-order valence-corrected chi connectivity index (χ1v) is 8.75. The van der Waals surface area contributed by atoms with Gasteiger partial charge < -0.3 is 15.8 Å². The number of rotatable bonds is 5. The summed E-state index contributed by atoms with van der Waals surface area (Å²) >= 11 is 0. The van der Waals surface area contributed by atoms with Gasteiger partial charge in [-0.15, -0.1) is 0 Å². The highest BCUT2D eigenvalue weighted by molar-refractivity contribution is 5.82. The zero-order valence-corrected chi connectivity index (χ0v) is 14.3. The topological polar surface area (TPSA) is 64.3 Å². The van der Waals surface area contributed by atoms with Gasteiger partial charge in [-0.3, -0.25) is 4.79 Å². The van der Waals surface area contributed by atoms with Gasteiger partial charge in [0.25, 0.3) is 5.91 Å². The zero-order valence-electron chi connectivity index (χ0n) is 14.3. The molecule has 138 valence electrons. The Morgan fingerprint density at radius 1 is 1.04 bits per heavy atom. The molecule has 0 saturated heterocycles. The Kier molecular flexibility index (Phi) is 5.83. The largest absolute Gasteiger partial charge is 0.476 e. The maximum absolute atomic E-state index is 13.5. The van der Waals surface area contributed by atoms with Crippen LogP contribution >= 0.6 is 0 Å². The van der Waals surface area contributed by atoms with E-state index in [9.17, 15) is 13.6 Å². The van der Waals surface area contributed by atoms with Gasteiger partial charge in [0, 0.05) is 23.7 Å². The van der Waals surface area contributed by atoms with Gasteiger partial charge >= 0.3 is 0 Å². The predicted octanol–water partition coefficient (Wildman–Crippen LogP) is 3.47. The van der Waals surface area contributed by atoms with E-state index < -0.39 is 17.7 Å². The number of nitrogens with two attached hydrogens (primary N) is 1. The van der Waals surface area contributed by atoms with Crippen LogP contribution in [0.2, 0.25) is 0 Å². The Hall–Kier alpha value is -2.47. The fourth-order valence-electron chi connectivity index (χ4n) is 3.13. The third-order valence-electron chi connectivity index (χ3n) is 4.60. The summed E-state index contributed by atoms with van der Waals surface area (Å²) < 4.78 is 32.3. The molecule has 1 saturated carbocycles. The molecule has 2 aromatic carbocycles. The van der Waals surface area contributed by atoms with Crippen molar-refractivity contribution in [1.29, 1.82) is 0 Å². The van der Waals surface area contributed by atoms with Gasteiger partial charge in [0.1, 0.15) is 5.75 Å². The second kappa shape index (κ2) is 8.27. The van der Waals surface area contributed by atoms with E-state index in [4.69, 9.17) is 10.5 Å². The van der Waals surface area contributed by atoms with E-state index >= 15 is 0 Å². The van der Waals surface area contributed by atoms with Gasteiger partial charge in [0.2, 0.25) is 6.10 Å². The number of carbonyl (C=O) groups is 1. The molecule has 26 heavy (non-hydrogen) atoms. The molecule has 0 aromatic heterocycles. The zero-order chi connectivity index (χ0) is 18.5. The van der Waals surface area contributed by atoms with Crippen LogP contribution in [-0.4, -0.2) is 18.0 Å². The highest BCUT2D eigenvalue weighted by Crippen LogP contribution is 2.25. The first-order chi connectivity index (χ1) is 12.5. The third-order valence-corrected chi connectivity index (χ3v) is 4.60. The van der Waals surface area contributed by atoms with Crippen molar-refractivity contribution in [2.45, 2.75) is 43.9 Å². The maximum Gasteiger partial charge on any atom is 0.266 e. The lowest BCUT2D eigenvalue weighted by atomic mass is 9.91. The van der Waals surface area contributed by atoms with Crippen molar-refractivity contribution in [2.24, 2.45) is 5.73 Å². The molecule has 1 atom stereocenters. The number of hydrogen-bond acceptors (Lipinski definition) is 3. The van der Waals surface area contributed by atoms with Gasteiger partial charge in [-0.25, -0.2) is 8.78 Å². The van der Waals surface area contributed by atoms with Crippen LogP contribution in [0.25, 0.3) is 0 Å². The summed E-state index contributed by atoms with van der Waals surface area (Å²) in [5.41, 5.74) is 6.54. The molecule has 0 radical (unpaired) electrons. The lowest BCUT2D eigenvalue weighted by Gasteiger charge is -2.28. The average Bonchev–Trinajstić information content (AvgIpc) is 2.65. The van der Waals surface area contributed by atoms with Gasteiger partial charge in [0.15, 0.2) is 11.6 Å². The Bertz CT molecular complexity index is 747. The average molecular weight is 360 g/mol. The van der Waals surface area contributed by atoms with Crippen LogP contribution in [0.1, 0.15) is 37.4 Å². The van der Waals surface area contributed by atoms with Crippen molar-refractivity contribution in [3.8, 4) is 5.75 Å². The maximum atomic E-state index is 13.5. The molecule has 4 nitrogen and oxygen atoms in total. The lowest BCUT2D eigenvalue weighted by molar-refractivity contribution is -0.129. The van der Waals surface area contributed by atoms with Crippen molar-refractivity contribution in [3.05, 3.63) is 65.7 Å². The molecule has 0 heterocycles. The quantitative estimate of drug-likeness (QED) is 0.858. The van der Waals surface area contributed by atoms with Gasteiger partial charge in [0.05, 0.1) is 0 Å². The number of hydrogen-bond donors (Lipinski definition) is 2. The second-order valence-corrected chi connectivity index (χ2v) is 6.60. The Labute approximate surface area is 151 Å². The third kappa shape index (κ3) is 4.58. The second-order valence-electron chi connectivity index (χ2n) is 6.60. The normalized spacial score (nSPS) is 21.0. The summed E-state index contributed by atoms with van der Waals surface area (Å²) in [7, 11) is 0. The number of amides is 1. The van der Waals surface area contributed by atoms with E-state index in [1.807, 2.05) is 6.07 Å². The van der Waals surface area contributed by atoms with E-state index in [1.165, 1.54) is 6.07 Å². The van der Waals surface area contributed by atoms with Crippen LogP contribution in [0, 0.1) is 11.6 Å². The molecular formula is C20H22F2N2O2. The summed E-state index contributed by atoms with van der Waals surface area (Å²) in [5.74, 6) is -2.19. The van der Waals surface area contributed by atoms with Crippen molar-refractivity contribution in [3.63, 3.8) is 0 Å². The Balaban J connectivity index is 1.76. The SMILES string of the molecule is NC1CCC(NC(=O)C(Oc2ccc(F)c(F)c2)c2ccccc2)CC1. The predicted molar refractivity (Wildman–Crippen MR) is 94.5 cm³/mol. The molecular weight excluding hydrogens is 338 g/mol. The Morgan fingerprint density at radius 3 is 2.38 bits per heavy atom. The lowest BCUT2D eigenvalue weighted by Crippen LogP contribution is -2.43. The molecule has 6 heteroatoms. The van der Waals surface area contributed by atoms with Crippen LogP contribution < -0.4 is 15.8 Å². The molecule has 3 rings (SSSR count). The number of halogens is 2. The molecule has 0 spiro atoms. The number of ether oxygens (including phenoxy) is 1. The molecule has 0 aliphatic heterocycles. The van der Waals surface area contributed by atoms with Crippen LogP contribution in [0.4, 0.5) is 8.78 Å². The summed E-state index contributed by atoms with van der Waals surface area (Å²) in [6.07, 6.45) is 2.42. The van der Waals surface area contributed by atoms with Gasteiger partial charge in [-0.1, -0.05) is 30.3 Å². The molecule has 3 N–H and O–H groups in total. The van der Waals surface area contributed by atoms with Crippen LogP contribution in [0.3, 0.4) is 0 Å². The molecule has 1 aliphatic carbocycles. The van der Waals surface area contributed by atoms with Crippen molar-refractivity contribution in [2.75, 3.05) is 0 Å². The highest BCUT2D eigenvalue weighted by Gasteiger charge is 2.27. The van der Waals surface area contributed by atoms with E-state index in [1.54, 1.807) is 24.3 Å². The highest BCUT2D eigenvalue weighted by atomic mass is 19.2. The molecule has 1 amide bonds. The van der Waals surface area contributed by atoms with E-state index in [2.05, 4.69) is 5.32 Å². The fourth-order valence-corrected chi connectivity index (χ4v) is 3.13. The number of carbonyl (C=O) groups excluding carboxylic acids is 1. The van der Waals surface area contributed by atoms with Crippen LogP contribution in [0.5, 0.6) is 5.75 Å². The first kappa shape index (κ1) is 18.3. The van der Waals surface area contributed by atoms with Crippen molar-refractivity contribution in [1.82, 2.24) is 5.32 Å². The molecule has 2 aromatic rings. The van der Waals surface area contributed by atoms with E-state index in [0.29, 0.717) is 5.56 Å². The smallest absolute Gasteiger partial charge is 0.266 e. The van der Waals surface area contributed by atoms with Crippen LogP contribution in [0.15, 0.2) is 48.5 Å². The number of nitrogens with one attached hydrogen (secondary N) is 1. The molecule has 1 aliphatic rings. The van der Waals surface area contributed by atoms with Crippen molar-refractivity contribution < 1.29 is 18.3 Å². The monoisotopic (exact) mass is 360 g/mol. The minimum atomic E-state index is -1.02. The summed E-state index contributed by atoms with van der Waals surface area (Å²) in [6.45, 7) is 0. The summed E-state index contributed by atoms with van der Waals surface area (Å²) in [6, 6.07) is 12.4. The molecule has 1 fully saturated rings. The van der Waals surface area contributed by atoms with Gasteiger partial charge in [-0.05, 0) is 37.8 Å². The summed E-state index contributed by atoms with van der Waals surface area (Å²) in [5, 5.41) is 3.00.